The number of rotatable bonds is 2. The van der Waals surface area contributed by atoms with Crippen LogP contribution in [0.3, 0.4) is 0 Å². The summed E-state index contributed by atoms with van der Waals surface area (Å²) in [5, 5.41) is 10.2. The van der Waals surface area contributed by atoms with Crippen LogP contribution in [0.25, 0.3) is 0 Å². The van der Waals surface area contributed by atoms with Crippen molar-refractivity contribution in [1.82, 2.24) is 4.90 Å². The first-order valence-electron chi connectivity index (χ1n) is 7.80. The molecule has 2 unspecified atom stereocenters. The average Bonchev–Trinajstić information content (AvgIpc) is 2.45. The molecule has 20 heavy (non-hydrogen) atoms. The number of hydrogen-bond acceptors (Lipinski definition) is 3. The molecule has 0 amide bonds. The molecule has 0 spiro atoms. The van der Waals surface area contributed by atoms with E-state index in [0.717, 1.165) is 30.8 Å². The first kappa shape index (κ1) is 13.9. The Morgan fingerprint density at radius 3 is 2.80 bits per heavy atom. The lowest BCUT2D eigenvalue weighted by molar-refractivity contribution is -0.0912. The summed E-state index contributed by atoms with van der Waals surface area (Å²) in [4.78, 5) is 2.51. The van der Waals surface area contributed by atoms with Crippen molar-refractivity contribution >= 4 is 0 Å². The molecule has 2 aliphatic rings. The second kappa shape index (κ2) is 5.74. The first-order valence-corrected chi connectivity index (χ1v) is 7.80. The zero-order valence-electron chi connectivity index (χ0n) is 12.6. The second-order valence-corrected chi connectivity index (χ2v) is 6.30. The number of hydrogen-bond donors (Lipinski definition) is 1. The molecular formula is C17H25NO2. The molecule has 0 aromatic heterocycles. The summed E-state index contributed by atoms with van der Waals surface area (Å²) < 4.78 is 5.92. The molecule has 1 aromatic carbocycles. The summed E-state index contributed by atoms with van der Waals surface area (Å²) in [6, 6.07) is 4.57. The predicted molar refractivity (Wildman–Crippen MR) is 80.0 cm³/mol. The molecule has 1 heterocycles. The molecule has 1 aliphatic carbocycles. The van der Waals surface area contributed by atoms with Crippen molar-refractivity contribution in [3.05, 3.63) is 28.8 Å². The fourth-order valence-electron chi connectivity index (χ4n) is 3.58. The number of aryl methyl sites for hydroxylation is 2. The van der Waals surface area contributed by atoms with Gasteiger partial charge in [-0.25, -0.2) is 0 Å². The molecule has 0 radical (unpaired) electrons. The van der Waals surface area contributed by atoms with E-state index in [1.54, 1.807) is 0 Å². The van der Waals surface area contributed by atoms with E-state index in [1.165, 1.54) is 31.2 Å². The van der Waals surface area contributed by atoms with Gasteiger partial charge >= 0.3 is 0 Å². The van der Waals surface area contributed by atoms with Crippen molar-refractivity contribution in [2.75, 3.05) is 13.2 Å². The largest absolute Gasteiger partial charge is 0.508 e. The molecule has 1 N–H and O–H groups in total. The highest BCUT2D eigenvalue weighted by molar-refractivity contribution is 5.40. The molecule has 3 nitrogen and oxygen atoms in total. The van der Waals surface area contributed by atoms with Crippen molar-refractivity contribution in [3.8, 4) is 5.75 Å². The van der Waals surface area contributed by atoms with Crippen LogP contribution in [0.2, 0.25) is 0 Å². The maximum atomic E-state index is 10.2. The highest BCUT2D eigenvalue weighted by atomic mass is 16.5. The number of nitrogens with zero attached hydrogens (tertiary/aromatic N) is 1. The third kappa shape index (κ3) is 2.70. The Kier molecular flexibility index (Phi) is 3.99. The van der Waals surface area contributed by atoms with Gasteiger partial charge in [-0.05, 0) is 43.9 Å². The lowest BCUT2D eigenvalue weighted by Crippen LogP contribution is -2.52. The standard InChI is InChI=1S/C17H25NO2/c1-12-9-14(16(19)10-13(12)2)11-18-7-8-20-17-6-4-3-5-15(17)18/h9-10,15,17,19H,3-8,11H2,1-2H3. The van der Waals surface area contributed by atoms with Gasteiger partial charge in [0, 0.05) is 24.7 Å². The van der Waals surface area contributed by atoms with E-state index in [1.807, 2.05) is 13.0 Å². The molecule has 1 saturated carbocycles. The summed E-state index contributed by atoms with van der Waals surface area (Å²) in [6.07, 6.45) is 5.44. The number of aromatic hydroxyl groups is 1. The molecule has 110 valence electrons. The van der Waals surface area contributed by atoms with Crippen LogP contribution in [0, 0.1) is 13.8 Å². The van der Waals surface area contributed by atoms with E-state index < -0.39 is 0 Å². The summed E-state index contributed by atoms with van der Waals surface area (Å²) >= 11 is 0. The lowest BCUT2D eigenvalue weighted by atomic mass is 9.89. The van der Waals surface area contributed by atoms with Crippen molar-refractivity contribution in [2.24, 2.45) is 0 Å². The monoisotopic (exact) mass is 275 g/mol. The van der Waals surface area contributed by atoms with E-state index in [4.69, 9.17) is 4.74 Å². The van der Waals surface area contributed by atoms with Crippen LogP contribution in [-0.4, -0.2) is 35.3 Å². The van der Waals surface area contributed by atoms with Gasteiger partial charge in [-0.2, -0.15) is 0 Å². The molecule has 1 aromatic rings. The van der Waals surface area contributed by atoms with E-state index in [-0.39, 0.29) is 0 Å². The Bertz CT molecular complexity index is 484. The molecule has 1 aliphatic heterocycles. The van der Waals surface area contributed by atoms with E-state index >= 15 is 0 Å². The Morgan fingerprint density at radius 1 is 1.20 bits per heavy atom. The van der Waals surface area contributed by atoms with Crippen LogP contribution in [0.4, 0.5) is 0 Å². The van der Waals surface area contributed by atoms with Gasteiger partial charge in [0.25, 0.3) is 0 Å². The summed E-state index contributed by atoms with van der Waals surface area (Å²) in [7, 11) is 0. The minimum absolute atomic E-state index is 0.409. The van der Waals surface area contributed by atoms with Gasteiger partial charge in [0.15, 0.2) is 0 Å². The molecule has 3 heteroatoms. The van der Waals surface area contributed by atoms with E-state index in [2.05, 4.69) is 17.9 Å². The van der Waals surface area contributed by atoms with Gasteiger partial charge in [-0.1, -0.05) is 18.9 Å². The highest BCUT2D eigenvalue weighted by Crippen LogP contribution is 2.31. The molecular weight excluding hydrogens is 250 g/mol. The smallest absolute Gasteiger partial charge is 0.120 e. The van der Waals surface area contributed by atoms with Crippen LogP contribution >= 0.6 is 0 Å². The van der Waals surface area contributed by atoms with Crippen LogP contribution in [0.5, 0.6) is 5.75 Å². The van der Waals surface area contributed by atoms with Crippen molar-refractivity contribution < 1.29 is 9.84 Å². The number of phenolic OH excluding ortho intramolecular Hbond substituents is 1. The fourth-order valence-corrected chi connectivity index (χ4v) is 3.58. The predicted octanol–water partition coefficient (Wildman–Crippen LogP) is 3.15. The molecule has 1 saturated heterocycles. The topological polar surface area (TPSA) is 32.7 Å². The zero-order valence-corrected chi connectivity index (χ0v) is 12.6. The van der Waals surface area contributed by atoms with Gasteiger partial charge in [-0.15, -0.1) is 0 Å². The summed E-state index contributed by atoms with van der Waals surface area (Å²) in [5.41, 5.74) is 3.47. The third-order valence-corrected chi connectivity index (χ3v) is 4.92. The lowest BCUT2D eigenvalue weighted by Gasteiger charge is -2.44. The molecule has 2 fully saturated rings. The van der Waals surface area contributed by atoms with Gasteiger partial charge < -0.3 is 9.84 Å². The van der Waals surface area contributed by atoms with E-state index in [0.29, 0.717) is 17.9 Å². The summed E-state index contributed by atoms with van der Waals surface area (Å²) in [5.74, 6) is 0.437. The minimum Gasteiger partial charge on any atom is -0.508 e. The normalized spacial score (nSPS) is 27.3. The average molecular weight is 275 g/mol. The van der Waals surface area contributed by atoms with Crippen LogP contribution in [0.1, 0.15) is 42.4 Å². The first-order chi connectivity index (χ1) is 9.65. The molecule has 2 atom stereocenters. The van der Waals surface area contributed by atoms with Crippen LogP contribution < -0.4 is 0 Å². The Labute approximate surface area is 121 Å². The van der Waals surface area contributed by atoms with Crippen molar-refractivity contribution in [3.63, 3.8) is 0 Å². The molecule has 0 bridgehead atoms. The Balaban J connectivity index is 1.78. The zero-order chi connectivity index (χ0) is 14.1. The Morgan fingerprint density at radius 2 is 1.95 bits per heavy atom. The highest BCUT2D eigenvalue weighted by Gasteiger charge is 2.34. The number of benzene rings is 1. The Hall–Kier alpha value is -1.06. The van der Waals surface area contributed by atoms with Gasteiger partial charge in [-0.3, -0.25) is 4.90 Å². The van der Waals surface area contributed by atoms with Gasteiger partial charge in [0.2, 0.25) is 0 Å². The number of ether oxygens (including phenoxy) is 1. The maximum absolute atomic E-state index is 10.2. The van der Waals surface area contributed by atoms with E-state index in [9.17, 15) is 5.11 Å². The number of fused-ring (bicyclic) bond motifs is 1. The van der Waals surface area contributed by atoms with Gasteiger partial charge in [0.05, 0.1) is 12.7 Å². The number of morpholine rings is 1. The quantitative estimate of drug-likeness (QED) is 0.900. The third-order valence-electron chi connectivity index (χ3n) is 4.92. The van der Waals surface area contributed by atoms with Crippen molar-refractivity contribution in [1.29, 1.82) is 0 Å². The number of phenols is 1. The maximum Gasteiger partial charge on any atom is 0.120 e. The minimum atomic E-state index is 0.409. The van der Waals surface area contributed by atoms with Crippen molar-refractivity contribution in [2.45, 2.75) is 58.2 Å². The van der Waals surface area contributed by atoms with Crippen LogP contribution in [-0.2, 0) is 11.3 Å². The second-order valence-electron chi connectivity index (χ2n) is 6.30. The molecule has 3 rings (SSSR count). The SMILES string of the molecule is Cc1cc(O)c(CN2CCOC3CCCCC32)cc1C. The fraction of sp³-hybridized carbons (Fsp3) is 0.647. The van der Waals surface area contributed by atoms with Gasteiger partial charge in [0.1, 0.15) is 5.75 Å². The van der Waals surface area contributed by atoms with Crippen LogP contribution in [0.15, 0.2) is 12.1 Å². The summed E-state index contributed by atoms with van der Waals surface area (Å²) in [6.45, 7) is 6.81.